The summed E-state index contributed by atoms with van der Waals surface area (Å²) in [6.45, 7) is 26.5. The average molecular weight is 887 g/mol. The van der Waals surface area contributed by atoms with Crippen LogP contribution in [0.2, 0.25) is 0 Å². The number of pyridine rings is 1. The van der Waals surface area contributed by atoms with E-state index in [1.807, 2.05) is 37.3 Å². The first-order valence-corrected chi connectivity index (χ1v) is 23.6. The molecule has 67 heavy (non-hydrogen) atoms. The molecular weight excluding hydrogens is 817 g/mol. The van der Waals surface area contributed by atoms with Crippen molar-refractivity contribution in [1.82, 2.24) is 14.1 Å². The topological polar surface area (TPSA) is 35.9 Å². The minimum Gasteiger partial charge on any atom is -0.457 e. The van der Waals surface area contributed by atoms with Crippen molar-refractivity contribution in [2.75, 3.05) is 0 Å². The lowest BCUT2D eigenvalue weighted by atomic mass is 9.80. The standard InChI is InChI=1S/C62H67N4O/c1-40-28-44(59(3,4)5)29-41(2)58(40)43-26-27-63-57(30-43)66-54-23-19-18-22-52(54)53-25-24-50(37-55(53)66)67-51-35-47(62(12,13)14)32-48(36-51)64-38-56(42-20-16-15-17-21-42)65(39-64)49-33-45(60(6,7)8)31-46(34-49)61(9,10)11/h15-39H,1-14H3/q+1/i1D3. The highest BCUT2D eigenvalue weighted by Crippen LogP contribution is 2.39. The van der Waals surface area contributed by atoms with Gasteiger partial charge in [0.25, 0.3) is 6.33 Å². The monoisotopic (exact) mass is 887 g/mol. The highest BCUT2D eigenvalue weighted by atomic mass is 16.5. The van der Waals surface area contributed by atoms with Crippen LogP contribution in [-0.2, 0) is 21.7 Å². The van der Waals surface area contributed by atoms with Crippen molar-refractivity contribution in [2.24, 2.45) is 0 Å². The van der Waals surface area contributed by atoms with E-state index in [2.05, 4.69) is 212 Å². The maximum Gasteiger partial charge on any atom is 0.254 e. The van der Waals surface area contributed by atoms with Crippen molar-refractivity contribution < 1.29 is 13.4 Å². The molecule has 9 aromatic rings. The Morgan fingerprint density at radius 2 is 1.15 bits per heavy atom. The Kier molecular flexibility index (Phi) is 10.3. The number of benzene rings is 6. The fourth-order valence-corrected chi connectivity index (χ4v) is 9.12. The zero-order valence-electron chi connectivity index (χ0n) is 44.6. The minimum atomic E-state index is -2.31. The van der Waals surface area contributed by atoms with Crippen LogP contribution >= 0.6 is 0 Å². The number of rotatable bonds is 7. The van der Waals surface area contributed by atoms with Crippen LogP contribution in [-0.4, -0.2) is 14.1 Å². The molecule has 3 aromatic heterocycles. The van der Waals surface area contributed by atoms with E-state index < -0.39 is 6.85 Å². The highest BCUT2D eigenvalue weighted by molar-refractivity contribution is 6.09. The predicted octanol–water partition coefficient (Wildman–Crippen LogP) is 16.2. The first kappa shape index (κ1) is 41.7. The second-order valence-electron chi connectivity index (χ2n) is 22.5. The van der Waals surface area contributed by atoms with E-state index in [1.54, 1.807) is 6.20 Å². The van der Waals surface area contributed by atoms with Crippen molar-refractivity contribution in [3.63, 3.8) is 0 Å². The van der Waals surface area contributed by atoms with Gasteiger partial charge in [-0.2, -0.15) is 4.57 Å². The first-order valence-electron chi connectivity index (χ1n) is 25.1. The Labute approximate surface area is 403 Å². The summed E-state index contributed by atoms with van der Waals surface area (Å²) in [5.41, 5.74) is 13.3. The molecule has 0 saturated carbocycles. The van der Waals surface area contributed by atoms with Crippen molar-refractivity contribution >= 4 is 21.8 Å². The molecule has 340 valence electrons. The number of hydrogen-bond donors (Lipinski definition) is 0. The molecule has 5 nitrogen and oxygen atoms in total. The molecule has 0 radical (unpaired) electrons. The van der Waals surface area contributed by atoms with Crippen molar-refractivity contribution in [2.45, 2.75) is 119 Å². The van der Waals surface area contributed by atoms with Crippen molar-refractivity contribution in [3.8, 4) is 51.1 Å². The molecule has 0 spiro atoms. The third-order valence-electron chi connectivity index (χ3n) is 13.2. The van der Waals surface area contributed by atoms with Gasteiger partial charge in [0.05, 0.1) is 11.0 Å². The first-order chi connectivity index (χ1) is 32.7. The molecule has 5 heteroatoms. The molecule has 0 aliphatic rings. The summed E-state index contributed by atoms with van der Waals surface area (Å²) >= 11 is 0. The number of hydrogen-bond acceptors (Lipinski definition) is 2. The van der Waals surface area contributed by atoms with Crippen LogP contribution < -0.4 is 9.30 Å². The van der Waals surface area contributed by atoms with Crippen LogP contribution in [0.5, 0.6) is 11.5 Å². The van der Waals surface area contributed by atoms with Gasteiger partial charge in [0.15, 0.2) is 5.69 Å². The van der Waals surface area contributed by atoms with Gasteiger partial charge in [-0.3, -0.25) is 4.57 Å². The Hall–Kier alpha value is -6.72. The third kappa shape index (κ3) is 8.97. The second-order valence-corrected chi connectivity index (χ2v) is 22.5. The maximum absolute atomic E-state index is 8.62. The summed E-state index contributed by atoms with van der Waals surface area (Å²) < 4.78 is 39.6. The van der Waals surface area contributed by atoms with Gasteiger partial charge in [-0.05, 0) is 135 Å². The molecular formula is C62H67N4O+. The normalized spacial score (nSPS) is 13.5. The number of ether oxygens (including phenoxy) is 1. The molecule has 0 atom stereocenters. The van der Waals surface area contributed by atoms with Gasteiger partial charge in [-0.1, -0.05) is 150 Å². The molecule has 0 fully saturated rings. The van der Waals surface area contributed by atoms with Gasteiger partial charge >= 0.3 is 0 Å². The Morgan fingerprint density at radius 3 is 1.82 bits per heavy atom. The number of nitrogens with zero attached hydrogens (tertiary/aromatic N) is 4. The van der Waals surface area contributed by atoms with Crippen LogP contribution in [0, 0.1) is 13.8 Å². The summed E-state index contributed by atoms with van der Waals surface area (Å²) in [6, 6.07) is 46.7. The Bertz CT molecular complexity index is 3400. The minimum absolute atomic E-state index is 0.0410. The van der Waals surface area contributed by atoms with Crippen LogP contribution in [0.4, 0.5) is 0 Å². The quantitative estimate of drug-likeness (QED) is 0.150. The van der Waals surface area contributed by atoms with Crippen LogP contribution in [0.15, 0.2) is 152 Å². The van der Waals surface area contributed by atoms with E-state index in [-0.39, 0.29) is 21.7 Å². The fraction of sp³-hybridized carbons (Fsp3) is 0.290. The lowest BCUT2D eigenvalue weighted by Gasteiger charge is -2.25. The zero-order chi connectivity index (χ0) is 50.3. The second kappa shape index (κ2) is 16.6. The molecule has 0 aliphatic carbocycles. The molecule has 0 unspecified atom stereocenters. The van der Waals surface area contributed by atoms with Crippen molar-refractivity contribution in [1.29, 1.82) is 0 Å². The third-order valence-corrected chi connectivity index (χ3v) is 13.2. The SMILES string of the molecule is [2H]C([2H])([2H])c1cc(C(C)(C)C)cc(C)c1-c1ccnc(-n2c3ccccc3c3ccc(Oc4cc(-n5cc(-c6ccccc6)[n+](-c6cc(C(C)(C)C)cc(C(C)(C)C)c6)c5)cc(C(C)(C)C)c4)cc32)c1. The van der Waals surface area contributed by atoms with Gasteiger partial charge in [0.1, 0.15) is 34.9 Å². The molecule has 3 heterocycles. The lowest BCUT2D eigenvalue weighted by Crippen LogP contribution is -2.32. The zero-order valence-corrected chi connectivity index (χ0v) is 41.6. The number of aromatic nitrogens is 4. The van der Waals surface area contributed by atoms with Crippen LogP contribution in [0.25, 0.3) is 61.4 Å². The lowest BCUT2D eigenvalue weighted by molar-refractivity contribution is -0.583. The van der Waals surface area contributed by atoms with E-state index in [1.165, 1.54) is 11.1 Å². The molecule has 0 N–H and O–H groups in total. The number of fused-ring (bicyclic) bond motifs is 3. The molecule has 0 aliphatic heterocycles. The maximum atomic E-state index is 8.62. The van der Waals surface area contributed by atoms with Gasteiger partial charge in [-0.15, -0.1) is 0 Å². The average Bonchev–Trinajstić information content (AvgIpc) is 3.88. The number of imidazole rings is 1. The Balaban J connectivity index is 1.17. The summed E-state index contributed by atoms with van der Waals surface area (Å²) in [5, 5.41) is 2.14. The fourth-order valence-electron chi connectivity index (χ4n) is 9.12. The highest BCUT2D eigenvalue weighted by Gasteiger charge is 2.27. The van der Waals surface area contributed by atoms with Crippen LogP contribution in [0.1, 0.15) is 121 Å². The smallest absolute Gasteiger partial charge is 0.254 e. The van der Waals surface area contributed by atoms with Gasteiger partial charge in [0, 0.05) is 38.8 Å². The van der Waals surface area contributed by atoms with Crippen molar-refractivity contribution in [3.05, 3.63) is 186 Å². The van der Waals surface area contributed by atoms with Gasteiger partial charge in [-0.25, -0.2) is 9.55 Å². The van der Waals surface area contributed by atoms with E-state index in [0.717, 1.165) is 72.4 Å². The van der Waals surface area contributed by atoms with E-state index in [9.17, 15) is 0 Å². The largest absolute Gasteiger partial charge is 0.457 e. The summed E-state index contributed by atoms with van der Waals surface area (Å²) in [7, 11) is 0. The Morgan fingerprint density at radius 1 is 0.537 bits per heavy atom. The van der Waals surface area contributed by atoms with E-state index in [4.69, 9.17) is 13.8 Å². The molecule has 6 aromatic carbocycles. The number of aryl methyl sites for hydroxylation is 2. The van der Waals surface area contributed by atoms with E-state index in [0.29, 0.717) is 22.7 Å². The summed E-state index contributed by atoms with van der Waals surface area (Å²) in [4.78, 5) is 4.95. The molecule has 0 amide bonds. The predicted molar refractivity (Wildman–Crippen MR) is 281 cm³/mol. The van der Waals surface area contributed by atoms with Gasteiger partial charge in [0.2, 0.25) is 0 Å². The van der Waals surface area contributed by atoms with Gasteiger partial charge < -0.3 is 4.74 Å². The summed E-state index contributed by atoms with van der Waals surface area (Å²) in [5.74, 6) is 2.10. The molecule has 0 saturated heterocycles. The number of para-hydroxylation sites is 1. The summed E-state index contributed by atoms with van der Waals surface area (Å²) in [6.07, 6.45) is 6.22. The molecule has 9 rings (SSSR count). The van der Waals surface area contributed by atoms with Crippen LogP contribution in [0.3, 0.4) is 0 Å². The van der Waals surface area contributed by atoms with E-state index >= 15 is 0 Å². The molecule has 0 bridgehead atoms.